The summed E-state index contributed by atoms with van der Waals surface area (Å²) in [7, 11) is 0. The van der Waals surface area contributed by atoms with E-state index in [9.17, 15) is 29.3 Å². The van der Waals surface area contributed by atoms with Crippen molar-refractivity contribution in [3.8, 4) is 0 Å². The average Bonchev–Trinajstić information content (AvgIpc) is 3.09. The maximum Gasteiger partial charge on any atom is 0.356 e. The summed E-state index contributed by atoms with van der Waals surface area (Å²) < 4.78 is 10.3. The first-order chi connectivity index (χ1) is 15.7. The van der Waals surface area contributed by atoms with E-state index in [2.05, 4.69) is 5.32 Å². The van der Waals surface area contributed by atoms with Crippen LogP contribution >= 0.6 is 11.8 Å². The van der Waals surface area contributed by atoms with Gasteiger partial charge >= 0.3 is 5.97 Å². The number of ether oxygens (including phenoxy) is 2. The Morgan fingerprint density at radius 1 is 1.36 bits per heavy atom. The molecule has 2 aliphatic rings. The van der Waals surface area contributed by atoms with E-state index in [1.807, 2.05) is 0 Å². The first-order valence-electron chi connectivity index (χ1n) is 9.89. The van der Waals surface area contributed by atoms with E-state index in [0.29, 0.717) is 16.9 Å². The number of esters is 1. The highest BCUT2D eigenvalue weighted by molar-refractivity contribution is 8.05. The molecule has 1 fully saturated rings. The molecule has 0 saturated carbocycles. The molecule has 1 aromatic carbocycles. The lowest BCUT2D eigenvalue weighted by atomic mass is 9.83. The van der Waals surface area contributed by atoms with Crippen LogP contribution in [0.1, 0.15) is 25.8 Å². The quantitative estimate of drug-likeness (QED) is 0.176. The second-order valence-corrected chi connectivity index (χ2v) is 8.34. The van der Waals surface area contributed by atoms with Gasteiger partial charge in [-0.05, 0) is 30.0 Å². The summed E-state index contributed by atoms with van der Waals surface area (Å²) in [6, 6.07) is 5.21. The molecular formula is C21H21N3O8S. The fourth-order valence-electron chi connectivity index (χ4n) is 3.68. The second kappa shape index (κ2) is 10.3. The molecule has 33 heavy (non-hydrogen) atoms. The van der Waals surface area contributed by atoms with Gasteiger partial charge in [0, 0.05) is 36.6 Å². The Morgan fingerprint density at radius 3 is 2.67 bits per heavy atom. The summed E-state index contributed by atoms with van der Waals surface area (Å²) in [5, 5.41) is 14.8. The number of nitro benzene ring substituents is 1. The minimum Gasteiger partial charge on any atom is -0.464 e. The smallest absolute Gasteiger partial charge is 0.356 e. The van der Waals surface area contributed by atoms with Crippen LogP contribution in [0.4, 0.5) is 5.69 Å². The topological polar surface area (TPSA) is 145 Å². The van der Waals surface area contributed by atoms with Crippen molar-refractivity contribution in [1.82, 2.24) is 10.2 Å². The normalized spacial score (nSPS) is 20.2. The number of amides is 2. The predicted molar refractivity (Wildman–Crippen MR) is 116 cm³/mol. The third-order valence-electron chi connectivity index (χ3n) is 5.22. The molecule has 1 N–H and O–H groups in total. The van der Waals surface area contributed by atoms with E-state index in [0.717, 1.165) is 0 Å². The summed E-state index contributed by atoms with van der Waals surface area (Å²) in [6.45, 7) is 3.12. The Bertz CT molecular complexity index is 1040. The zero-order valence-corrected chi connectivity index (χ0v) is 18.6. The number of nitrogens with zero attached hydrogens (tertiary/aromatic N) is 2. The summed E-state index contributed by atoms with van der Waals surface area (Å²) >= 11 is 1.17. The molecule has 0 aliphatic carbocycles. The third kappa shape index (κ3) is 5.22. The van der Waals surface area contributed by atoms with Crippen LogP contribution in [-0.2, 0) is 35.3 Å². The zero-order chi connectivity index (χ0) is 24.1. The maximum atomic E-state index is 12.9. The summed E-state index contributed by atoms with van der Waals surface area (Å²) in [6.07, 6.45) is 1.14. The molecule has 1 saturated heterocycles. The number of nitrogens with one attached hydrogen (secondary N) is 1. The lowest BCUT2D eigenvalue weighted by Gasteiger charge is -2.45. The summed E-state index contributed by atoms with van der Waals surface area (Å²) in [5.41, 5.74) is 0.559. The Labute approximate surface area is 192 Å². The monoisotopic (exact) mass is 475 g/mol. The van der Waals surface area contributed by atoms with Crippen molar-refractivity contribution in [2.45, 2.75) is 39.0 Å². The van der Waals surface area contributed by atoms with Gasteiger partial charge in [-0.2, -0.15) is 0 Å². The highest BCUT2D eigenvalue weighted by Gasteiger charge is 2.57. The van der Waals surface area contributed by atoms with Gasteiger partial charge in [0.25, 0.3) is 12.2 Å². The molecule has 2 aliphatic heterocycles. The molecule has 0 aromatic heterocycles. The molecule has 2 amide bonds. The Hall–Kier alpha value is -3.67. The Balaban J connectivity index is 1.75. The fourth-order valence-corrected chi connectivity index (χ4v) is 4.54. The maximum absolute atomic E-state index is 12.9. The number of benzene rings is 1. The van der Waals surface area contributed by atoms with Crippen molar-refractivity contribution in [2.75, 3.05) is 0 Å². The van der Waals surface area contributed by atoms with Crippen LogP contribution in [0.2, 0.25) is 0 Å². The van der Waals surface area contributed by atoms with E-state index in [1.165, 1.54) is 54.1 Å². The van der Waals surface area contributed by atoms with E-state index < -0.39 is 22.9 Å². The van der Waals surface area contributed by atoms with Gasteiger partial charge in [-0.25, -0.2) is 4.79 Å². The molecule has 12 heteroatoms. The lowest BCUT2D eigenvalue weighted by Crippen LogP contribution is -2.62. The van der Waals surface area contributed by atoms with E-state index >= 15 is 0 Å². The van der Waals surface area contributed by atoms with Gasteiger partial charge in [0.2, 0.25) is 11.8 Å². The van der Waals surface area contributed by atoms with Gasteiger partial charge in [0.15, 0.2) is 0 Å². The number of hydrogen-bond donors (Lipinski definition) is 1. The first-order valence-corrected chi connectivity index (χ1v) is 10.8. The molecule has 1 aromatic rings. The van der Waals surface area contributed by atoms with Gasteiger partial charge in [-0.1, -0.05) is 11.8 Å². The standard InChI is InChI=1S/C21H21N3O8S/c1-12(32-11-25)18-16-9-17(33-8-7-22-13(2)26)19(23(16)20(18)27)21(28)31-10-14-3-5-15(6-4-14)24(29)30/h3-8,11-12,16,18H,9-10H2,1-2H3,(H,22,26)/b8-7-/t12-,16-,18-/m1/s1. The van der Waals surface area contributed by atoms with Crippen LogP contribution in [0.5, 0.6) is 0 Å². The number of β-lactam (4-membered cyclic amide) rings is 1. The molecule has 0 spiro atoms. The van der Waals surface area contributed by atoms with Crippen LogP contribution < -0.4 is 5.32 Å². The van der Waals surface area contributed by atoms with E-state index in [4.69, 9.17) is 9.47 Å². The molecule has 0 unspecified atom stereocenters. The predicted octanol–water partition coefficient (Wildman–Crippen LogP) is 1.98. The average molecular weight is 475 g/mol. The molecule has 3 rings (SSSR count). The molecule has 11 nitrogen and oxygen atoms in total. The van der Waals surface area contributed by atoms with Gasteiger partial charge < -0.3 is 19.7 Å². The number of nitro groups is 1. The number of non-ortho nitro benzene ring substituents is 1. The molecule has 174 valence electrons. The number of carbonyl (C=O) groups is 4. The van der Waals surface area contributed by atoms with Crippen LogP contribution in [0.3, 0.4) is 0 Å². The third-order valence-corrected chi connectivity index (χ3v) is 6.14. The second-order valence-electron chi connectivity index (χ2n) is 7.34. The molecule has 0 bridgehead atoms. The van der Waals surface area contributed by atoms with E-state index in [-0.39, 0.29) is 42.3 Å². The minimum absolute atomic E-state index is 0.0834. The largest absolute Gasteiger partial charge is 0.464 e. The van der Waals surface area contributed by atoms with Gasteiger partial charge in [0.1, 0.15) is 18.4 Å². The molecular weight excluding hydrogens is 454 g/mol. The lowest BCUT2D eigenvalue weighted by molar-refractivity contribution is -0.384. The summed E-state index contributed by atoms with van der Waals surface area (Å²) in [4.78, 5) is 59.5. The van der Waals surface area contributed by atoms with E-state index in [1.54, 1.807) is 12.3 Å². The highest BCUT2D eigenvalue weighted by Crippen LogP contribution is 2.48. The Kier molecular flexibility index (Phi) is 7.48. The highest BCUT2D eigenvalue weighted by atomic mass is 32.2. The number of hydrogen-bond acceptors (Lipinski definition) is 9. The van der Waals surface area contributed by atoms with Crippen molar-refractivity contribution in [3.05, 3.63) is 62.2 Å². The molecule has 3 atom stereocenters. The minimum atomic E-state index is -0.720. The first kappa shape index (κ1) is 24.0. The van der Waals surface area contributed by atoms with Crippen LogP contribution in [0.15, 0.2) is 46.5 Å². The van der Waals surface area contributed by atoms with Crippen molar-refractivity contribution in [2.24, 2.45) is 5.92 Å². The SMILES string of the molecule is CC(=O)N/C=C\SC1=C(C(=O)OCc2ccc([N+](=O)[O-])cc2)N2C(=O)[C@H]([C@@H](C)OC=O)[C@H]2C1. The van der Waals surface area contributed by atoms with Crippen molar-refractivity contribution in [3.63, 3.8) is 0 Å². The van der Waals surface area contributed by atoms with Crippen LogP contribution in [-0.4, -0.2) is 46.2 Å². The number of fused-ring (bicyclic) bond motifs is 1. The number of thioether (sulfide) groups is 1. The summed E-state index contributed by atoms with van der Waals surface area (Å²) in [5.74, 6) is -1.90. The van der Waals surface area contributed by atoms with Gasteiger partial charge in [0.05, 0.1) is 16.9 Å². The fraction of sp³-hybridized carbons (Fsp3) is 0.333. The van der Waals surface area contributed by atoms with Gasteiger partial charge in [-0.15, -0.1) is 0 Å². The molecule has 2 heterocycles. The zero-order valence-electron chi connectivity index (χ0n) is 17.8. The van der Waals surface area contributed by atoms with Gasteiger partial charge in [-0.3, -0.25) is 24.5 Å². The Morgan fingerprint density at radius 2 is 2.06 bits per heavy atom. The number of carbonyl (C=O) groups excluding carboxylic acids is 4. The van der Waals surface area contributed by atoms with Crippen molar-refractivity contribution in [1.29, 1.82) is 0 Å². The van der Waals surface area contributed by atoms with Crippen LogP contribution in [0.25, 0.3) is 0 Å². The molecule has 0 radical (unpaired) electrons. The number of rotatable bonds is 10. The van der Waals surface area contributed by atoms with Crippen molar-refractivity contribution >= 4 is 41.7 Å². The van der Waals surface area contributed by atoms with Crippen LogP contribution in [0, 0.1) is 16.0 Å². The van der Waals surface area contributed by atoms with Crippen molar-refractivity contribution < 1.29 is 33.6 Å².